The molecule has 0 aromatic heterocycles. The smallest absolute Gasteiger partial charge is 0.254 e. The van der Waals surface area contributed by atoms with E-state index in [-0.39, 0.29) is 5.91 Å². The zero-order valence-electron chi connectivity index (χ0n) is 14.4. The van der Waals surface area contributed by atoms with Gasteiger partial charge in [-0.2, -0.15) is 0 Å². The molecular formula is C17H31N3O3. The van der Waals surface area contributed by atoms with Gasteiger partial charge >= 0.3 is 0 Å². The number of hydrogen-bond donors (Lipinski definition) is 1. The van der Waals surface area contributed by atoms with Crippen molar-refractivity contribution in [1.82, 2.24) is 15.1 Å². The molecule has 132 valence electrons. The Morgan fingerprint density at radius 3 is 2.43 bits per heavy atom. The van der Waals surface area contributed by atoms with Crippen molar-refractivity contribution in [2.24, 2.45) is 5.92 Å². The summed E-state index contributed by atoms with van der Waals surface area (Å²) in [5.74, 6) is 0.926. The molecule has 0 aliphatic carbocycles. The zero-order chi connectivity index (χ0) is 16.1. The number of methoxy groups -OCH3 is 1. The number of carbonyl (C=O) groups excluding carboxylic acids is 1. The molecule has 3 saturated heterocycles. The molecule has 3 aliphatic heterocycles. The SMILES string of the molecule is COC1(C(=O)N2CCC(CN3CCOCC3)CC2)CCNCC1. The average Bonchev–Trinajstić information content (AvgIpc) is 2.63. The van der Waals surface area contributed by atoms with E-state index in [0.29, 0.717) is 5.92 Å². The van der Waals surface area contributed by atoms with Gasteiger partial charge in [0.1, 0.15) is 5.60 Å². The van der Waals surface area contributed by atoms with Gasteiger partial charge in [-0.15, -0.1) is 0 Å². The van der Waals surface area contributed by atoms with E-state index in [1.54, 1.807) is 7.11 Å². The quantitative estimate of drug-likeness (QED) is 0.807. The number of piperidine rings is 2. The summed E-state index contributed by atoms with van der Waals surface area (Å²) in [7, 11) is 1.69. The fraction of sp³-hybridized carbons (Fsp3) is 0.941. The Bertz CT molecular complexity index is 385. The van der Waals surface area contributed by atoms with Gasteiger partial charge in [-0.1, -0.05) is 0 Å². The van der Waals surface area contributed by atoms with Gasteiger partial charge in [0.25, 0.3) is 5.91 Å². The Labute approximate surface area is 139 Å². The normalized spacial score (nSPS) is 27.1. The average molecular weight is 325 g/mol. The van der Waals surface area contributed by atoms with E-state index < -0.39 is 5.60 Å². The number of carbonyl (C=O) groups is 1. The minimum Gasteiger partial charge on any atom is -0.379 e. The first-order chi connectivity index (χ1) is 11.2. The van der Waals surface area contributed by atoms with Crippen molar-refractivity contribution in [3.05, 3.63) is 0 Å². The third-order valence-electron chi connectivity index (χ3n) is 5.71. The third-order valence-corrected chi connectivity index (χ3v) is 5.71. The van der Waals surface area contributed by atoms with Crippen molar-refractivity contribution in [2.45, 2.75) is 31.3 Å². The lowest BCUT2D eigenvalue weighted by atomic mass is 9.88. The van der Waals surface area contributed by atoms with Crippen LogP contribution in [0, 0.1) is 5.92 Å². The summed E-state index contributed by atoms with van der Waals surface area (Å²) in [5, 5.41) is 3.32. The molecule has 1 amide bonds. The fourth-order valence-corrected chi connectivity index (χ4v) is 4.09. The number of nitrogens with one attached hydrogen (secondary N) is 1. The minimum absolute atomic E-state index is 0.214. The first-order valence-electron chi connectivity index (χ1n) is 9.09. The van der Waals surface area contributed by atoms with Crippen LogP contribution in [-0.4, -0.2) is 87.4 Å². The molecule has 3 aliphatic rings. The molecule has 3 rings (SSSR count). The van der Waals surface area contributed by atoms with Gasteiger partial charge in [0.05, 0.1) is 13.2 Å². The van der Waals surface area contributed by atoms with E-state index in [0.717, 1.165) is 84.7 Å². The standard InChI is InChI=1S/C17H31N3O3/c1-22-17(4-6-18-7-5-17)16(21)20-8-2-15(3-9-20)14-19-10-12-23-13-11-19/h15,18H,2-14H2,1H3. The summed E-state index contributed by atoms with van der Waals surface area (Å²) >= 11 is 0. The maximum absolute atomic E-state index is 12.9. The monoisotopic (exact) mass is 325 g/mol. The van der Waals surface area contributed by atoms with Gasteiger partial charge in [0.15, 0.2) is 0 Å². The molecule has 23 heavy (non-hydrogen) atoms. The molecule has 0 aromatic carbocycles. The van der Waals surface area contributed by atoms with Crippen molar-refractivity contribution in [2.75, 3.05) is 66.1 Å². The number of ether oxygens (including phenoxy) is 2. The molecule has 0 atom stereocenters. The van der Waals surface area contributed by atoms with E-state index in [9.17, 15) is 4.79 Å². The predicted octanol–water partition coefficient (Wildman–Crippen LogP) is 0.326. The lowest BCUT2D eigenvalue weighted by molar-refractivity contribution is -0.159. The summed E-state index contributed by atoms with van der Waals surface area (Å²) in [4.78, 5) is 17.5. The van der Waals surface area contributed by atoms with Gasteiger partial charge in [-0.25, -0.2) is 0 Å². The molecule has 0 spiro atoms. The van der Waals surface area contributed by atoms with Gasteiger partial charge in [0.2, 0.25) is 0 Å². The maximum atomic E-state index is 12.9. The molecule has 3 heterocycles. The van der Waals surface area contributed by atoms with E-state index in [2.05, 4.69) is 10.2 Å². The summed E-state index contributed by atoms with van der Waals surface area (Å²) in [5.41, 5.74) is -0.581. The Balaban J connectivity index is 1.48. The van der Waals surface area contributed by atoms with Crippen LogP contribution >= 0.6 is 0 Å². The Kier molecular flexibility index (Phi) is 5.91. The van der Waals surface area contributed by atoms with Crippen molar-refractivity contribution in [1.29, 1.82) is 0 Å². The first-order valence-corrected chi connectivity index (χ1v) is 9.09. The molecule has 0 bridgehead atoms. The first kappa shape index (κ1) is 17.1. The number of morpholine rings is 1. The van der Waals surface area contributed by atoms with E-state index in [4.69, 9.17) is 9.47 Å². The predicted molar refractivity (Wildman–Crippen MR) is 88.4 cm³/mol. The topological polar surface area (TPSA) is 54.0 Å². The highest BCUT2D eigenvalue weighted by Crippen LogP contribution is 2.28. The van der Waals surface area contributed by atoms with Gasteiger partial charge < -0.3 is 19.7 Å². The van der Waals surface area contributed by atoms with E-state index >= 15 is 0 Å². The fourth-order valence-electron chi connectivity index (χ4n) is 4.09. The van der Waals surface area contributed by atoms with Crippen molar-refractivity contribution in [3.63, 3.8) is 0 Å². The molecule has 0 aromatic rings. The number of amides is 1. The molecule has 0 unspecified atom stereocenters. The maximum Gasteiger partial charge on any atom is 0.254 e. The summed E-state index contributed by atoms with van der Waals surface area (Å²) in [6, 6.07) is 0. The lowest BCUT2D eigenvalue weighted by Crippen LogP contribution is -2.57. The highest BCUT2D eigenvalue weighted by Gasteiger charge is 2.43. The van der Waals surface area contributed by atoms with Gasteiger partial charge in [0, 0.05) is 39.8 Å². The van der Waals surface area contributed by atoms with Crippen LogP contribution in [0.1, 0.15) is 25.7 Å². The molecule has 0 radical (unpaired) electrons. The second kappa shape index (κ2) is 7.92. The Hall–Kier alpha value is -0.690. The number of likely N-dealkylation sites (tertiary alicyclic amines) is 1. The van der Waals surface area contributed by atoms with Crippen LogP contribution in [0.5, 0.6) is 0 Å². The summed E-state index contributed by atoms with van der Waals surface area (Å²) < 4.78 is 11.1. The molecule has 6 heteroatoms. The second-order valence-electron chi connectivity index (χ2n) is 7.10. The van der Waals surface area contributed by atoms with Crippen LogP contribution in [-0.2, 0) is 14.3 Å². The molecule has 1 N–H and O–H groups in total. The summed E-state index contributed by atoms with van der Waals surface area (Å²) in [6.45, 7) is 8.49. The second-order valence-corrected chi connectivity index (χ2v) is 7.10. The number of rotatable bonds is 4. The van der Waals surface area contributed by atoms with Crippen LogP contribution in [0.2, 0.25) is 0 Å². The van der Waals surface area contributed by atoms with Crippen LogP contribution in [0.25, 0.3) is 0 Å². The molecule has 6 nitrogen and oxygen atoms in total. The molecular weight excluding hydrogens is 294 g/mol. The molecule has 3 fully saturated rings. The largest absolute Gasteiger partial charge is 0.379 e. The number of hydrogen-bond acceptors (Lipinski definition) is 5. The summed E-state index contributed by atoms with van der Waals surface area (Å²) in [6.07, 6.45) is 3.80. The number of nitrogens with zero attached hydrogens (tertiary/aromatic N) is 2. The van der Waals surface area contributed by atoms with Crippen LogP contribution in [0.4, 0.5) is 0 Å². The van der Waals surface area contributed by atoms with Crippen molar-refractivity contribution in [3.8, 4) is 0 Å². The highest BCUT2D eigenvalue weighted by molar-refractivity contribution is 5.85. The van der Waals surface area contributed by atoms with Gasteiger partial charge in [-0.3, -0.25) is 9.69 Å². The zero-order valence-corrected chi connectivity index (χ0v) is 14.4. The Morgan fingerprint density at radius 2 is 1.83 bits per heavy atom. The van der Waals surface area contributed by atoms with Crippen LogP contribution in [0.15, 0.2) is 0 Å². The van der Waals surface area contributed by atoms with Crippen molar-refractivity contribution >= 4 is 5.91 Å². The lowest BCUT2D eigenvalue weighted by Gasteiger charge is -2.42. The molecule has 0 saturated carbocycles. The minimum atomic E-state index is -0.581. The highest BCUT2D eigenvalue weighted by atomic mass is 16.5. The van der Waals surface area contributed by atoms with Crippen LogP contribution < -0.4 is 5.32 Å². The van der Waals surface area contributed by atoms with Crippen molar-refractivity contribution < 1.29 is 14.3 Å². The van der Waals surface area contributed by atoms with E-state index in [1.165, 1.54) is 0 Å². The van der Waals surface area contributed by atoms with Crippen LogP contribution in [0.3, 0.4) is 0 Å². The Morgan fingerprint density at radius 1 is 1.17 bits per heavy atom. The third kappa shape index (κ3) is 4.05. The van der Waals surface area contributed by atoms with E-state index in [1.807, 2.05) is 4.90 Å². The van der Waals surface area contributed by atoms with Gasteiger partial charge in [-0.05, 0) is 44.7 Å².